The molecule has 1 saturated heterocycles. The van der Waals surface area contributed by atoms with Gasteiger partial charge in [0.1, 0.15) is 0 Å². The Hall–Kier alpha value is -1.40. The first-order valence-electron chi connectivity index (χ1n) is 8.25. The van der Waals surface area contributed by atoms with Crippen molar-refractivity contribution in [1.29, 1.82) is 0 Å². The third kappa shape index (κ3) is 4.81. The van der Waals surface area contributed by atoms with Crippen molar-refractivity contribution in [1.82, 2.24) is 15.1 Å². The average molecular weight is 308 g/mol. The molecule has 1 amide bonds. The second kappa shape index (κ2) is 8.29. The Balaban J connectivity index is 1.87. The van der Waals surface area contributed by atoms with Crippen LogP contribution in [-0.4, -0.2) is 53.3 Å². The lowest BCUT2D eigenvalue weighted by atomic mass is 10.1. The van der Waals surface area contributed by atoms with Crippen LogP contribution in [0.3, 0.4) is 0 Å². The molecule has 1 aliphatic heterocycles. The maximum absolute atomic E-state index is 12.3. The van der Waals surface area contributed by atoms with E-state index in [0.29, 0.717) is 6.54 Å². The van der Waals surface area contributed by atoms with E-state index in [1.54, 1.807) is 0 Å². The monoisotopic (exact) mass is 308 g/mol. The molecule has 6 nitrogen and oxygen atoms in total. The molecule has 0 saturated carbocycles. The number of amides is 1. The Morgan fingerprint density at radius 2 is 2.27 bits per heavy atom. The van der Waals surface area contributed by atoms with E-state index in [0.717, 1.165) is 56.0 Å². The third-order valence-corrected chi connectivity index (χ3v) is 4.04. The van der Waals surface area contributed by atoms with Crippen LogP contribution in [-0.2, 0) is 9.53 Å². The molecule has 1 aliphatic rings. The molecule has 2 heterocycles. The van der Waals surface area contributed by atoms with Gasteiger partial charge in [-0.25, -0.2) is 0 Å². The molecule has 0 spiro atoms. The second-order valence-electron chi connectivity index (χ2n) is 6.08. The van der Waals surface area contributed by atoms with Crippen molar-refractivity contribution in [3.05, 3.63) is 11.4 Å². The Labute approximate surface area is 132 Å². The van der Waals surface area contributed by atoms with Crippen LogP contribution in [0.5, 0.6) is 0 Å². The highest BCUT2D eigenvalue weighted by Crippen LogP contribution is 2.17. The zero-order chi connectivity index (χ0) is 15.9. The molecule has 0 bridgehead atoms. The highest BCUT2D eigenvalue weighted by Gasteiger charge is 2.20. The van der Waals surface area contributed by atoms with Gasteiger partial charge in [-0.15, -0.1) is 0 Å². The molecular weight excluding hydrogens is 280 g/mol. The highest BCUT2D eigenvalue weighted by molar-refractivity contribution is 5.93. The van der Waals surface area contributed by atoms with Gasteiger partial charge in [-0.1, -0.05) is 6.92 Å². The Kier molecular flexibility index (Phi) is 6.39. The van der Waals surface area contributed by atoms with E-state index in [4.69, 9.17) is 4.74 Å². The number of ether oxygens (including phenoxy) is 1. The van der Waals surface area contributed by atoms with Gasteiger partial charge in [0, 0.05) is 13.2 Å². The first kappa shape index (κ1) is 17.0. The van der Waals surface area contributed by atoms with E-state index in [2.05, 4.69) is 27.3 Å². The van der Waals surface area contributed by atoms with Crippen LogP contribution in [0.2, 0.25) is 0 Å². The van der Waals surface area contributed by atoms with E-state index in [9.17, 15) is 4.79 Å². The summed E-state index contributed by atoms with van der Waals surface area (Å²) in [6, 6.07) is 0. The Morgan fingerprint density at radius 3 is 2.86 bits per heavy atom. The molecular formula is C16H28N4O2. The summed E-state index contributed by atoms with van der Waals surface area (Å²) in [6.45, 7) is 8.94. The number of hydrogen-bond donors (Lipinski definition) is 2. The van der Waals surface area contributed by atoms with Gasteiger partial charge in [0.15, 0.2) is 0 Å². The molecule has 0 aromatic carbocycles. The third-order valence-electron chi connectivity index (χ3n) is 4.04. The van der Waals surface area contributed by atoms with Crippen LogP contribution in [0, 0.1) is 13.8 Å². The molecule has 1 atom stereocenters. The predicted molar refractivity (Wildman–Crippen MR) is 87.0 cm³/mol. The highest BCUT2D eigenvalue weighted by atomic mass is 16.5. The minimum Gasteiger partial charge on any atom is -0.377 e. The standard InChI is InChI=1S/C16H28N4O2/c1-4-8-20(10-14-7-5-6-9-22-14)11-15(21)17-16-12(2)18-19-13(16)3/h14H,4-11H2,1-3H3,(H,17,21)(H,18,19). The summed E-state index contributed by atoms with van der Waals surface area (Å²) in [4.78, 5) is 14.5. The van der Waals surface area contributed by atoms with Gasteiger partial charge in [0.05, 0.1) is 29.7 Å². The lowest BCUT2D eigenvalue weighted by Crippen LogP contribution is -2.40. The molecule has 6 heteroatoms. The summed E-state index contributed by atoms with van der Waals surface area (Å²) in [5, 5.41) is 9.96. The number of aromatic amines is 1. The number of nitrogens with one attached hydrogen (secondary N) is 2. The molecule has 0 aliphatic carbocycles. The van der Waals surface area contributed by atoms with E-state index in [1.807, 2.05) is 13.8 Å². The fourth-order valence-corrected chi connectivity index (χ4v) is 2.91. The van der Waals surface area contributed by atoms with Gasteiger partial charge in [-0.2, -0.15) is 5.10 Å². The number of carbonyl (C=O) groups excluding carboxylic acids is 1. The number of H-pyrrole nitrogens is 1. The van der Waals surface area contributed by atoms with Crippen LogP contribution in [0.25, 0.3) is 0 Å². The molecule has 2 N–H and O–H groups in total. The first-order valence-corrected chi connectivity index (χ1v) is 8.25. The van der Waals surface area contributed by atoms with Gasteiger partial charge >= 0.3 is 0 Å². The lowest BCUT2D eigenvalue weighted by Gasteiger charge is -2.29. The van der Waals surface area contributed by atoms with Crippen LogP contribution in [0.1, 0.15) is 44.0 Å². The predicted octanol–water partition coefficient (Wildman–Crippen LogP) is 2.25. The molecule has 2 rings (SSSR count). The first-order chi connectivity index (χ1) is 10.6. The summed E-state index contributed by atoms with van der Waals surface area (Å²) in [6.07, 6.45) is 4.78. The van der Waals surface area contributed by atoms with Gasteiger partial charge in [0.2, 0.25) is 5.91 Å². The number of anilines is 1. The second-order valence-corrected chi connectivity index (χ2v) is 6.08. The minimum atomic E-state index is 0.0110. The molecule has 1 aromatic heterocycles. The number of carbonyl (C=O) groups is 1. The zero-order valence-electron chi connectivity index (χ0n) is 13.9. The molecule has 1 aromatic rings. The van der Waals surface area contributed by atoms with Crippen molar-refractivity contribution in [2.75, 3.05) is 31.6 Å². The SMILES string of the molecule is CCCN(CC(=O)Nc1c(C)n[nH]c1C)CC1CCCCO1. The maximum Gasteiger partial charge on any atom is 0.238 e. The normalized spacial score (nSPS) is 18.6. The molecule has 1 fully saturated rings. The molecule has 124 valence electrons. The van der Waals surface area contributed by atoms with Gasteiger partial charge in [-0.05, 0) is 46.1 Å². The van der Waals surface area contributed by atoms with Gasteiger partial charge in [0.25, 0.3) is 0 Å². The van der Waals surface area contributed by atoms with Crippen molar-refractivity contribution < 1.29 is 9.53 Å². The molecule has 22 heavy (non-hydrogen) atoms. The zero-order valence-corrected chi connectivity index (χ0v) is 13.9. The van der Waals surface area contributed by atoms with Crippen LogP contribution in [0.15, 0.2) is 0 Å². The number of aromatic nitrogens is 2. The fourth-order valence-electron chi connectivity index (χ4n) is 2.91. The quantitative estimate of drug-likeness (QED) is 0.810. The summed E-state index contributed by atoms with van der Waals surface area (Å²) in [5.41, 5.74) is 2.52. The summed E-state index contributed by atoms with van der Waals surface area (Å²) in [5.74, 6) is 0.0110. The van der Waals surface area contributed by atoms with Crippen molar-refractivity contribution in [3.8, 4) is 0 Å². The maximum atomic E-state index is 12.3. The number of rotatable bonds is 7. The van der Waals surface area contributed by atoms with Gasteiger partial charge in [-0.3, -0.25) is 14.8 Å². The minimum absolute atomic E-state index is 0.0110. The van der Waals surface area contributed by atoms with E-state index in [-0.39, 0.29) is 12.0 Å². The van der Waals surface area contributed by atoms with Crippen molar-refractivity contribution >= 4 is 11.6 Å². The molecule has 1 unspecified atom stereocenters. The smallest absolute Gasteiger partial charge is 0.238 e. The fraction of sp³-hybridized carbons (Fsp3) is 0.750. The van der Waals surface area contributed by atoms with Crippen LogP contribution < -0.4 is 5.32 Å². The largest absolute Gasteiger partial charge is 0.377 e. The van der Waals surface area contributed by atoms with Gasteiger partial charge < -0.3 is 10.1 Å². The van der Waals surface area contributed by atoms with Crippen LogP contribution >= 0.6 is 0 Å². The summed E-state index contributed by atoms with van der Waals surface area (Å²) in [7, 11) is 0. The summed E-state index contributed by atoms with van der Waals surface area (Å²) >= 11 is 0. The van der Waals surface area contributed by atoms with E-state index in [1.165, 1.54) is 6.42 Å². The van der Waals surface area contributed by atoms with Crippen molar-refractivity contribution in [3.63, 3.8) is 0 Å². The number of nitrogens with zero attached hydrogens (tertiary/aromatic N) is 2. The van der Waals surface area contributed by atoms with E-state index < -0.39 is 0 Å². The molecule has 0 radical (unpaired) electrons. The number of aryl methyl sites for hydroxylation is 2. The summed E-state index contributed by atoms with van der Waals surface area (Å²) < 4.78 is 5.79. The number of hydrogen-bond acceptors (Lipinski definition) is 4. The van der Waals surface area contributed by atoms with Crippen LogP contribution in [0.4, 0.5) is 5.69 Å². The topological polar surface area (TPSA) is 70.2 Å². The average Bonchev–Trinajstić information content (AvgIpc) is 2.80. The van der Waals surface area contributed by atoms with Crippen molar-refractivity contribution in [2.45, 2.75) is 52.6 Å². The van der Waals surface area contributed by atoms with Crippen molar-refractivity contribution in [2.24, 2.45) is 0 Å². The Bertz CT molecular complexity index is 461. The Morgan fingerprint density at radius 1 is 1.45 bits per heavy atom. The lowest BCUT2D eigenvalue weighted by molar-refractivity contribution is -0.118. The van der Waals surface area contributed by atoms with E-state index >= 15 is 0 Å².